The van der Waals surface area contributed by atoms with Crippen LogP contribution in [0.3, 0.4) is 0 Å². The summed E-state index contributed by atoms with van der Waals surface area (Å²) in [6.45, 7) is 1.84. The molecule has 0 saturated heterocycles. The van der Waals surface area contributed by atoms with Crippen molar-refractivity contribution in [3.05, 3.63) is 53.6 Å². The third kappa shape index (κ3) is 2.33. The maximum Gasteiger partial charge on any atom is 0.173 e. The standard InChI is InChI=1S/C17H16O4/c1-10-16(19)14-9-12(18)5-8-15(14)21-17(10)11-3-6-13(20-2)7-4-11/h3-10,17-18H,1-2H3/t10-,17-/m0/s1. The first-order chi connectivity index (χ1) is 10.1. The lowest BCUT2D eigenvalue weighted by Crippen LogP contribution is -2.29. The minimum atomic E-state index is -0.333. The molecule has 0 amide bonds. The van der Waals surface area contributed by atoms with E-state index >= 15 is 0 Å². The molecule has 0 spiro atoms. The van der Waals surface area contributed by atoms with Gasteiger partial charge in [-0.05, 0) is 35.9 Å². The highest BCUT2D eigenvalue weighted by atomic mass is 16.5. The number of ether oxygens (including phenoxy) is 2. The summed E-state index contributed by atoms with van der Waals surface area (Å²) in [5, 5.41) is 9.51. The molecule has 0 radical (unpaired) electrons. The molecule has 108 valence electrons. The van der Waals surface area contributed by atoms with Crippen LogP contribution in [-0.4, -0.2) is 18.0 Å². The van der Waals surface area contributed by atoms with Gasteiger partial charge in [-0.15, -0.1) is 0 Å². The number of ketones is 1. The lowest BCUT2D eigenvalue weighted by atomic mass is 9.87. The van der Waals surface area contributed by atoms with E-state index in [-0.39, 0.29) is 23.6 Å². The van der Waals surface area contributed by atoms with Crippen molar-refractivity contribution in [2.45, 2.75) is 13.0 Å². The predicted molar refractivity (Wildman–Crippen MR) is 78.0 cm³/mol. The molecular formula is C17H16O4. The second-order valence-electron chi connectivity index (χ2n) is 5.14. The fourth-order valence-corrected chi connectivity index (χ4v) is 2.59. The van der Waals surface area contributed by atoms with Crippen LogP contribution in [0.5, 0.6) is 17.2 Å². The number of rotatable bonds is 2. The van der Waals surface area contributed by atoms with E-state index < -0.39 is 0 Å². The van der Waals surface area contributed by atoms with E-state index in [1.54, 1.807) is 13.2 Å². The second kappa shape index (κ2) is 5.13. The smallest absolute Gasteiger partial charge is 0.173 e. The number of methoxy groups -OCH3 is 1. The Kier molecular flexibility index (Phi) is 3.29. The number of hydrogen-bond acceptors (Lipinski definition) is 4. The van der Waals surface area contributed by atoms with Crippen LogP contribution in [0.15, 0.2) is 42.5 Å². The van der Waals surface area contributed by atoms with Gasteiger partial charge in [-0.25, -0.2) is 0 Å². The first kappa shape index (κ1) is 13.5. The Bertz CT molecular complexity index is 676. The molecule has 3 rings (SSSR count). The number of phenolic OH excluding ortho intramolecular Hbond substituents is 1. The Hall–Kier alpha value is -2.49. The van der Waals surface area contributed by atoms with Gasteiger partial charge in [-0.3, -0.25) is 4.79 Å². The second-order valence-corrected chi connectivity index (χ2v) is 5.14. The van der Waals surface area contributed by atoms with Gasteiger partial charge in [-0.1, -0.05) is 19.1 Å². The minimum absolute atomic E-state index is 0.0204. The molecule has 0 aromatic heterocycles. The van der Waals surface area contributed by atoms with Gasteiger partial charge in [0.1, 0.15) is 23.4 Å². The zero-order valence-electron chi connectivity index (χ0n) is 11.9. The van der Waals surface area contributed by atoms with Gasteiger partial charge in [0.25, 0.3) is 0 Å². The molecule has 0 fully saturated rings. The van der Waals surface area contributed by atoms with E-state index in [1.807, 2.05) is 31.2 Å². The normalized spacial score (nSPS) is 20.6. The minimum Gasteiger partial charge on any atom is -0.508 e. The van der Waals surface area contributed by atoms with Gasteiger partial charge in [0.15, 0.2) is 5.78 Å². The van der Waals surface area contributed by atoms with Crippen molar-refractivity contribution in [3.8, 4) is 17.2 Å². The topological polar surface area (TPSA) is 55.8 Å². The summed E-state index contributed by atoms with van der Waals surface area (Å²) >= 11 is 0. The fraction of sp³-hybridized carbons (Fsp3) is 0.235. The molecule has 2 atom stereocenters. The highest BCUT2D eigenvalue weighted by molar-refractivity contribution is 6.01. The summed E-state index contributed by atoms with van der Waals surface area (Å²) in [6.07, 6.45) is -0.333. The van der Waals surface area contributed by atoms with Crippen LogP contribution in [0.25, 0.3) is 0 Å². The van der Waals surface area contributed by atoms with E-state index in [2.05, 4.69) is 0 Å². The van der Waals surface area contributed by atoms with Crippen molar-refractivity contribution in [1.82, 2.24) is 0 Å². The van der Waals surface area contributed by atoms with Crippen molar-refractivity contribution in [3.63, 3.8) is 0 Å². The molecule has 1 aliphatic heterocycles. The van der Waals surface area contributed by atoms with Crippen LogP contribution < -0.4 is 9.47 Å². The Morgan fingerprint density at radius 3 is 2.52 bits per heavy atom. The number of carbonyl (C=O) groups excluding carboxylic acids is 1. The number of carbonyl (C=O) groups is 1. The van der Waals surface area contributed by atoms with Crippen LogP contribution in [0, 0.1) is 5.92 Å². The highest BCUT2D eigenvalue weighted by Gasteiger charge is 2.35. The lowest BCUT2D eigenvalue weighted by Gasteiger charge is -2.30. The van der Waals surface area contributed by atoms with Crippen LogP contribution in [0.2, 0.25) is 0 Å². The fourth-order valence-electron chi connectivity index (χ4n) is 2.59. The quantitative estimate of drug-likeness (QED) is 0.918. The summed E-state index contributed by atoms with van der Waals surface area (Å²) in [4.78, 5) is 12.5. The third-order valence-electron chi connectivity index (χ3n) is 3.79. The van der Waals surface area contributed by atoms with Gasteiger partial charge in [-0.2, -0.15) is 0 Å². The van der Waals surface area contributed by atoms with Crippen LogP contribution >= 0.6 is 0 Å². The third-order valence-corrected chi connectivity index (χ3v) is 3.79. The average molecular weight is 284 g/mol. The Morgan fingerprint density at radius 1 is 1.14 bits per heavy atom. The Balaban J connectivity index is 1.97. The molecule has 0 bridgehead atoms. The zero-order valence-corrected chi connectivity index (χ0v) is 11.9. The highest BCUT2D eigenvalue weighted by Crippen LogP contribution is 2.39. The summed E-state index contributed by atoms with van der Waals surface area (Å²) < 4.78 is 11.1. The van der Waals surface area contributed by atoms with E-state index in [4.69, 9.17) is 9.47 Å². The van der Waals surface area contributed by atoms with Gasteiger partial charge in [0.05, 0.1) is 18.6 Å². The van der Waals surface area contributed by atoms with E-state index in [0.717, 1.165) is 11.3 Å². The van der Waals surface area contributed by atoms with Crippen molar-refractivity contribution < 1.29 is 19.4 Å². The molecule has 1 heterocycles. The summed E-state index contributed by atoms with van der Waals surface area (Å²) in [5.41, 5.74) is 1.36. The summed E-state index contributed by atoms with van der Waals surface area (Å²) in [6, 6.07) is 12.1. The SMILES string of the molecule is COc1ccc([C@H]2Oc3ccc(O)cc3C(=O)[C@@H]2C)cc1. The van der Waals surface area contributed by atoms with E-state index in [1.165, 1.54) is 12.1 Å². The average Bonchev–Trinajstić information content (AvgIpc) is 2.51. The molecule has 0 unspecified atom stereocenters. The van der Waals surface area contributed by atoms with E-state index in [0.29, 0.717) is 11.3 Å². The molecule has 1 N–H and O–H groups in total. The number of hydrogen-bond donors (Lipinski definition) is 1. The zero-order chi connectivity index (χ0) is 15.0. The molecule has 21 heavy (non-hydrogen) atoms. The molecule has 2 aromatic carbocycles. The van der Waals surface area contributed by atoms with Gasteiger partial charge >= 0.3 is 0 Å². The van der Waals surface area contributed by atoms with Crippen LogP contribution in [0.4, 0.5) is 0 Å². The number of fused-ring (bicyclic) bond motifs is 1. The molecule has 0 aliphatic carbocycles. The molecule has 4 heteroatoms. The van der Waals surface area contributed by atoms with Gasteiger partial charge in [0, 0.05) is 0 Å². The van der Waals surface area contributed by atoms with Crippen molar-refractivity contribution in [2.75, 3.05) is 7.11 Å². The van der Waals surface area contributed by atoms with Gasteiger partial charge in [0.2, 0.25) is 0 Å². The van der Waals surface area contributed by atoms with Gasteiger partial charge < -0.3 is 14.6 Å². The number of phenols is 1. The maximum atomic E-state index is 12.5. The maximum absolute atomic E-state index is 12.5. The monoisotopic (exact) mass is 284 g/mol. The molecule has 4 nitrogen and oxygen atoms in total. The number of aromatic hydroxyl groups is 1. The summed E-state index contributed by atoms with van der Waals surface area (Å²) in [5.74, 6) is 1.01. The Morgan fingerprint density at radius 2 is 1.86 bits per heavy atom. The largest absolute Gasteiger partial charge is 0.508 e. The predicted octanol–water partition coefficient (Wildman–Crippen LogP) is 3.35. The molecule has 1 aliphatic rings. The van der Waals surface area contributed by atoms with Crippen molar-refractivity contribution in [1.29, 1.82) is 0 Å². The molecular weight excluding hydrogens is 268 g/mol. The molecule has 0 saturated carbocycles. The lowest BCUT2D eigenvalue weighted by molar-refractivity contribution is 0.0689. The van der Waals surface area contributed by atoms with Crippen LogP contribution in [0.1, 0.15) is 28.9 Å². The van der Waals surface area contributed by atoms with Crippen molar-refractivity contribution >= 4 is 5.78 Å². The summed E-state index contributed by atoms with van der Waals surface area (Å²) in [7, 11) is 1.61. The molecule has 2 aromatic rings. The Labute approximate surface area is 122 Å². The first-order valence-corrected chi connectivity index (χ1v) is 6.78. The van der Waals surface area contributed by atoms with Crippen molar-refractivity contribution in [2.24, 2.45) is 5.92 Å². The van der Waals surface area contributed by atoms with Crippen LogP contribution in [-0.2, 0) is 0 Å². The van der Waals surface area contributed by atoms with E-state index in [9.17, 15) is 9.90 Å². The number of Topliss-reactive ketones (excluding diaryl/α,β-unsaturated/α-hetero) is 1. The number of benzene rings is 2. The first-order valence-electron chi connectivity index (χ1n) is 6.78.